The summed E-state index contributed by atoms with van der Waals surface area (Å²) in [6, 6.07) is 5.92. The van der Waals surface area contributed by atoms with Crippen LogP contribution in [0.25, 0.3) is 0 Å². The standard InChI is InChI=1S/C14H10BrF3O/c1-7-4-10(13(18)6-11(7)16)14(19)9-3-2-8(15)5-12(9)17/h2-6,14,19H,1H3. The molecular weight excluding hydrogens is 321 g/mol. The monoisotopic (exact) mass is 330 g/mol. The van der Waals surface area contributed by atoms with Gasteiger partial charge in [-0.05, 0) is 30.7 Å². The highest BCUT2D eigenvalue weighted by Crippen LogP contribution is 2.29. The highest BCUT2D eigenvalue weighted by atomic mass is 79.9. The van der Waals surface area contributed by atoms with Crippen LogP contribution in [-0.2, 0) is 0 Å². The third kappa shape index (κ3) is 2.82. The first kappa shape index (κ1) is 14.1. The summed E-state index contributed by atoms with van der Waals surface area (Å²) in [4.78, 5) is 0. The average Bonchev–Trinajstić information content (AvgIpc) is 2.33. The molecule has 1 nitrogen and oxygen atoms in total. The van der Waals surface area contributed by atoms with Crippen molar-refractivity contribution in [3.8, 4) is 0 Å². The van der Waals surface area contributed by atoms with Crippen LogP contribution in [0.2, 0.25) is 0 Å². The quantitative estimate of drug-likeness (QED) is 0.872. The van der Waals surface area contributed by atoms with Gasteiger partial charge in [-0.15, -0.1) is 0 Å². The SMILES string of the molecule is Cc1cc(C(O)c2ccc(Br)cc2F)c(F)cc1F. The van der Waals surface area contributed by atoms with Crippen LogP contribution >= 0.6 is 15.9 Å². The minimum atomic E-state index is -1.48. The van der Waals surface area contributed by atoms with Crippen LogP contribution in [-0.4, -0.2) is 5.11 Å². The maximum Gasteiger partial charge on any atom is 0.132 e. The van der Waals surface area contributed by atoms with Gasteiger partial charge in [-0.3, -0.25) is 0 Å². The van der Waals surface area contributed by atoms with E-state index in [0.717, 1.165) is 0 Å². The fourth-order valence-electron chi connectivity index (χ4n) is 1.78. The van der Waals surface area contributed by atoms with Gasteiger partial charge in [0.2, 0.25) is 0 Å². The second kappa shape index (κ2) is 5.35. The molecule has 0 fully saturated rings. The molecule has 5 heteroatoms. The molecule has 0 aliphatic rings. The first-order valence-corrected chi connectivity index (χ1v) is 6.28. The summed E-state index contributed by atoms with van der Waals surface area (Å²) in [6.45, 7) is 1.45. The number of benzene rings is 2. The molecule has 0 radical (unpaired) electrons. The van der Waals surface area contributed by atoms with E-state index in [9.17, 15) is 18.3 Å². The molecule has 1 atom stereocenters. The zero-order chi connectivity index (χ0) is 14.2. The Bertz CT molecular complexity index is 628. The van der Waals surface area contributed by atoms with E-state index in [-0.39, 0.29) is 16.7 Å². The average molecular weight is 331 g/mol. The third-order valence-corrected chi connectivity index (χ3v) is 3.32. The van der Waals surface area contributed by atoms with E-state index in [0.29, 0.717) is 10.5 Å². The maximum absolute atomic E-state index is 13.7. The topological polar surface area (TPSA) is 20.2 Å². The van der Waals surface area contributed by atoms with E-state index in [2.05, 4.69) is 15.9 Å². The summed E-state index contributed by atoms with van der Waals surface area (Å²) >= 11 is 3.09. The summed E-state index contributed by atoms with van der Waals surface area (Å²) in [5.41, 5.74) is -0.0267. The Morgan fingerprint density at radius 1 is 0.947 bits per heavy atom. The van der Waals surface area contributed by atoms with Crippen LogP contribution < -0.4 is 0 Å². The number of hydrogen-bond acceptors (Lipinski definition) is 1. The van der Waals surface area contributed by atoms with Gasteiger partial charge in [0.1, 0.15) is 23.6 Å². The van der Waals surface area contributed by atoms with Crippen molar-refractivity contribution in [1.82, 2.24) is 0 Å². The molecule has 0 spiro atoms. The lowest BCUT2D eigenvalue weighted by atomic mass is 9.99. The third-order valence-electron chi connectivity index (χ3n) is 2.83. The zero-order valence-corrected chi connectivity index (χ0v) is 11.5. The van der Waals surface area contributed by atoms with Gasteiger partial charge in [0, 0.05) is 21.7 Å². The van der Waals surface area contributed by atoms with Crippen LogP contribution in [0.5, 0.6) is 0 Å². The maximum atomic E-state index is 13.7. The molecule has 0 amide bonds. The highest BCUT2D eigenvalue weighted by Gasteiger charge is 2.20. The van der Waals surface area contributed by atoms with Crippen molar-refractivity contribution in [3.05, 3.63) is 68.9 Å². The molecule has 0 heterocycles. The van der Waals surface area contributed by atoms with Gasteiger partial charge >= 0.3 is 0 Å². The Morgan fingerprint density at radius 3 is 2.21 bits per heavy atom. The fraction of sp³-hybridized carbons (Fsp3) is 0.143. The van der Waals surface area contributed by atoms with Crippen molar-refractivity contribution in [2.45, 2.75) is 13.0 Å². The molecule has 2 aromatic carbocycles. The first-order valence-electron chi connectivity index (χ1n) is 5.48. The molecule has 19 heavy (non-hydrogen) atoms. The molecule has 0 saturated heterocycles. The Labute approximate surface area is 116 Å². The minimum absolute atomic E-state index is 0.0619. The molecule has 0 bridgehead atoms. The number of aryl methyl sites for hydroxylation is 1. The molecule has 2 rings (SSSR count). The Hall–Kier alpha value is -1.33. The van der Waals surface area contributed by atoms with Crippen LogP contribution in [0, 0.1) is 24.4 Å². The molecule has 0 saturated carbocycles. The molecule has 1 unspecified atom stereocenters. The van der Waals surface area contributed by atoms with Gasteiger partial charge < -0.3 is 5.11 Å². The summed E-state index contributed by atoms with van der Waals surface area (Å²) in [7, 11) is 0. The van der Waals surface area contributed by atoms with Crippen molar-refractivity contribution in [2.24, 2.45) is 0 Å². The second-order valence-electron chi connectivity index (χ2n) is 4.19. The molecule has 1 N–H and O–H groups in total. The number of hydrogen-bond donors (Lipinski definition) is 1. The number of rotatable bonds is 2. The van der Waals surface area contributed by atoms with E-state index in [4.69, 9.17) is 0 Å². The van der Waals surface area contributed by atoms with Crippen LogP contribution in [0.15, 0.2) is 34.8 Å². The van der Waals surface area contributed by atoms with Gasteiger partial charge in [-0.25, -0.2) is 13.2 Å². The summed E-state index contributed by atoms with van der Waals surface area (Å²) in [5.74, 6) is -2.27. The van der Waals surface area contributed by atoms with E-state index in [1.807, 2.05) is 0 Å². The minimum Gasteiger partial charge on any atom is -0.383 e. The fourth-order valence-corrected chi connectivity index (χ4v) is 2.11. The first-order chi connectivity index (χ1) is 8.90. The van der Waals surface area contributed by atoms with E-state index in [1.54, 1.807) is 0 Å². The smallest absolute Gasteiger partial charge is 0.132 e. The zero-order valence-electron chi connectivity index (χ0n) is 9.92. The Balaban J connectivity index is 2.49. The summed E-state index contributed by atoms with van der Waals surface area (Å²) in [5, 5.41) is 10.0. The van der Waals surface area contributed by atoms with Crippen molar-refractivity contribution in [2.75, 3.05) is 0 Å². The number of halogens is 4. The van der Waals surface area contributed by atoms with Crippen molar-refractivity contribution < 1.29 is 18.3 Å². The predicted octanol–water partition coefficient (Wildman–Crippen LogP) is 4.26. The molecule has 0 aromatic heterocycles. The normalized spacial score (nSPS) is 12.5. The van der Waals surface area contributed by atoms with Crippen LogP contribution in [0.4, 0.5) is 13.2 Å². The van der Waals surface area contributed by atoms with Crippen molar-refractivity contribution in [1.29, 1.82) is 0 Å². The van der Waals surface area contributed by atoms with Gasteiger partial charge in [0.25, 0.3) is 0 Å². The van der Waals surface area contributed by atoms with Crippen molar-refractivity contribution in [3.63, 3.8) is 0 Å². The van der Waals surface area contributed by atoms with Gasteiger partial charge in [0.15, 0.2) is 0 Å². The lowest BCUT2D eigenvalue weighted by molar-refractivity contribution is 0.209. The van der Waals surface area contributed by atoms with Gasteiger partial charge in [-0.1, -0.05) is 22.0 Å². The van der Waals surface area contributed by atoms with E-state index in [1.165, 1.54) is 31.2 Å². The Morgan fingerprint density at radius 2 is 1.58 bits per heavy atom. The second-order valence-corrected chi connectivity index (χ2v) is 5.11. The summed E-state index contributed by atoms with van der Waals surface area (Å²) in [6.07, 6.45) is -1.48. The molecule has 0 aliphatic carbocycles. The van der Waals surface area contributed by atoms with Crippen molar-refractivity contribution >= 4 is 15.9 Å². The number of aliphatic hydroxyl groups excluding tert-OH is 1. The van der Waals surface area contributed by atoms with E-state index < -0.39 is 23.6 Å². The number of aliphatic hydroxyl groups is 1. The van der Waals surface area contributed by atoms with Crippen LogP contribution in [0.1, 0.15) is 22.8 Å². The molecule has 2 aromatic rings. The summed E-state index contributed by atoms with van der Waals surface area (Å²) < 4.78 is 41.0. The highest BCUT2D eigenvalue weighted by molar-refractivity contribution is 9.10. The molecule has 100 valence electrons. The molecule has 0 aliphatic heterocycles. The lowest BCUT2D eigenvalue weighted by Gasteiger charge is -2.14. The molecular formula is C14H10BrF3O. The predicted molar refractivity (Wildman–Crippen MR) is 69.3 cm³/mol. The Kier molecular flexibility index (Phi) is 3.96. The van der Waals surface area contributed by atoms with Gasteiger partial charge in [-0.2, -0.15) is 0 Å². The largest absolute Gasteiger partial charge is 0.383 e. The lowest BCUT2D eigenvalue weighted by Crippen LogP contribution is -2.06. The van der Waals surface area contributed by atoms with E-state index >= 15 is 0 Å². The van der Waals surface area contributed by atoms with Gasteiger partial charge in [0.05, 0.1) is 0 Å². The van der Waals surface area contributed by atoms with Crippen LogP contribution in [0.3, 0.4) is 0 Å².